The van der Waals surface area contributed by atoms with Gasteiger partial charge in [-0.3, -0.25) is 9.59 Å². The van der Waals surface area contributed by atoms with Crippen molar-refractivity contribution >= 4 is 30.4 Å². The van der Waals surface area contributed by atoms with E-state index in [1.807, 2.05) is 0 Å². The van der Waals surface area contributed by atoms with E-state index in [-0.39, 0.29) is 11.8 Å². The molecule has 0 bridgehead atoms. The molecule has 0 saturated carbocycles. The molecule has 0 heterocycles. The summed E-state index contributed by atoms with van der Waals surface area (Å²) in [5.74, 6) is -3.02. The third kappa shape index (κ3) is 4.28. The van der Waals surface area contributed by atoms with Gasteiger partial charge in [-0.1, -0.05) is 0 Å². The number of hydrogen-bond acceptors (Lipinski definition) is 2. The van der Waals surface area contributed by atoms with Crippen LogP contribution in [0.5, 0.6) is 0 Å². The van der Waals surface area contributed by atoms with Gasteiger partial charge in [-0.2, -0.15) is 0 Å². The second kappa shape index (κ2) is 4.63. The number of carboxylic acid groups (broad SMARTS) is 2. The van der Waals surface area contributed by atoms with Crippen molar-refractivity contribution in [3.8, 4) is 0 Å². The molecule has 2 N–H and O–H groups in total. The van der Waals surface area contributed by atoms with Crippen molar-refractivity contribution in [2.75, 3.05) is 0 Å². The van der Waals surface area contributed by atoms with Crippen molar-refractivity contribution in [3.05, 3.63) is 0 Å². The van der Waals surface area contributed by atoms with Crippen LogP contribution >= 0.6 is 18.5 Å². The van der Waals surface area contributed by atoms with Crippen molar-refractivity contribution in [1.29, 1.82) is 0 Å². The van der Waals surface area contributed by atoms with E-state index in [4.69, 9.17) is 10.2 Å². The third-order valence-electron chi connectivity index (χ3n) is 1.18. The van der Waals surface area contributed by atoms with Crippen molar-refractivity contribution in [2.45, 2.75) is 11.8 Å². The third-order valence-corrected chi connectivity index (χ3v) is 2.11. The smallest absolute Gasteiger partial charge is 0.308 e. The zero-order valence-corrected chi connectivity index (χ0v) is 8.04. The van der Waals surface area contributed by atoms with Gasteiger partial charge in [-0.15, -0.1) is 18.5 Å². The van der Waals surface area contributed by atoms with Gasteiger partial charge in [-0.05, 0) is 0 Å². The van der Waals surface area contributed by atoms with Gasteiger partial charge < -0.3 is 10.2 Å². The Balaban J connectivity index is 4.12. The molecule has 0 fully saturated rings. The Bertz CT molecular complexity index is 168. The summed E-state index contributed by atoms with van der Waals surface area (Å²) < 4.78 is 0. The van der Waals surface area contributed by atoms with E-state index in [1.165, 1.54) is 0 Å². The molecule has 11 heavy (non-hydrogen) atoms. The maximum atomic E-state index is 10.4. The number of carboxylic acids is 2. The summed E-state index contributed by atoms with van der Waals surface area (Å²) in [6, 6.07) is 0. The molecule has 0 aromatic rings. The molecular formula is C5H10O4P2. The van der Waals surface area contributed by atoms with Crippen LogP contribution in [0.2, 0.25) is 0 Å². The first-order valence-corrected chi connectivity index (χ1v) is 4.24. The van der Waals surface area contributed by atoms with E-state index in [1.54, 1.807) is 0 Å². The number of aliphatic carboxylic acids is 2. The van der Waals surface area contributed by atoms with Crippen LogP contribution in [-0.4, -0.2) is 27.6 Å². The predicted molar refractivity (Wildman–Crippen MR) is 46.6 cm³/mol. The first kappa shape index (κ1) is 10.8. The number of carbonyl (C=O) groups is 2. The molecule has 0 saturated heterocycles. The molecule has 4 nitrogen and oxygen atoms in total. The predicted octanol–water partition coefficient (Wildman–Crippen LogP) is 0.238. The minimum Gasteiger partial charge on any atom is -0.481 e. The first-order valence-electron chi connectivity index (χ1n) is 2.91. The minimum absolute atomic E-state index is 0.302. The van der Waals surface area contributed by atoms with Crippen molar-refractivity contribution in [3.63, 3.8) is 0 Å². The van der Waals surface area contributed by atoms with Gasteiger partial charge in [0.1, 0.15) is 0 Å². The quantitative estimate of drug-likeness (QED) is 0.631. The lowest BCUT2D eigenvalue weighted by Gasteiger charge is -2.12. The standard InChI is InChI=1S/C5H10O4P2/c6-3(7)1-2(4(8)9)5(10)11/h2,5H,1,10-11H2,(H,6,7)(H,8,9). The zero-order chi connectivity index (χ0) is 9.02. The lowest BCUT2D eigenvalue weighted by Crippen LogP contribution is -2.22. The highest BCUT2D eigenvalue weighted by Crippen LogP contribution is 2.23. The fourth-order valence-corrected chi connectivity index (χ4v) is 1.18. The molecule has 0 spiro atoms. The molecular weight excluding hydrogens is 186 g/mol. The molecule has 0 aliphatic rings. The van der Waals surface area contributed by atoms with E-state index in [2.05, 4.69) is 18.5 Å². The van der Waals surface area contributed by atoms with Crippen LogP contribution in [0, 0.1) is 5.92 Å². The highest BCUT2D eigenvalue weighted by atomic mass is 31.1. The van der Waals surface area contributed by atoms with Gasteiger partial charge in [0, 0.05) is 5.40 Å². The summed E-state index contributed by atoms with van der Waals surface area (Å²) in [6.07, 6.45) is -0.340. The second-order valence-corrected chi connectivity index (χ2v) is 4.43. The molecule has 0 aliphatic heterocycles. The Morgan fingerprint density at radius 3 is 1.82 bits per heavy atom. The fraction of sp³-hybridized carbons (Fsp3) is 0.600. The van der Waals surface area contributed by atoms with Gasteiger partial charge in [-0.25, -0.2) is 0 Å². The van der Waals surface area contributed by atoms with Gasteiger partial charge in [0.2, 0.25) is 0 Å². The SMILES string of the molecule is O=C(O)CC(C(=O)O)C(P)P. The van der Waals surface area contributed by atoms with Crippen LogP contribution in [0.25, 0.3) is 0 Å². The van der Waals surface area contributed by atoms with Crippen LogP contribution in [-0.2, 0) is 9.59 Å². The lowest BCUT2D eigenvalue weighted by atomic mass is 10.1. The molecule has 0 aliphatic carbocycles. The molecule has 0 amide bonds. The summed E-state index contributed by atoms with van der Waals surface area (Å²) in [5, 5.41) is 16.5. The molecule has 0 aromatic carbocycles. The van der Waals surface area contributed by atoms with Gasteiger partial charge in [0.15, 0.2) is 0 Å². The maximum Gasteiger partial charge on any atom is 0.308 e. The fourth-order valence-electron chi connectivity index (χ4n) is 0.576. The topological polar surface area (TPSA) is 74.6 Å². The lowest BCUT2D eigenvalue weighted by molar-refractivity contribution is -0.147. The summed E-state index contributed by atoms with van der Waals surface area (Å²) in [6.45, 7) is 0. The maximum absolute atomic E-state index is 10.4. The normalized spacial score (nSPS) is 13.0. The van der Waals surface area contributed by atoms with E-state index in [9.17, 15) is 9.59 Å². The van der Waals surface area contributed by atoms with Crippen molar-refractivity contribution < 1.29 is 19.8 Å². The molecule has 64 valence electrons. The summed E-state index contributed by atoms with van der Waals surface area (Å²) in [7, 11) is 4.50. The van der Waals surface area contributed by atoms with E-state index in [0.29, 0.717) is 0 Å². The van der Waals surface area contributed by atoms with E-state index in [0.717, 1.165) is 0 Å². The molecule has 3 atom stereocenters. The number of rotatable bonds is 4. The van der Waals surface area contributed by atoms with Crippen molar-refractivity contribution in [2.24, 2.45) is 5.92 Å². The Labute approximate surface area is 68.8 Å². The Morgan fingerprint density at radius 2 is 1.73 bits per heavy atom. The first-order chi connectivity index (χ1) is 4.95. The molecule has 0 radical (unpaired) electrons. The van der Waals surface area contributed by atoms with Gasteiger partial charge in [0.05, 0.1) is 12.3 Å². The second-order valence-electron chi connectivity index (χ2n) is 2.12. The average molecular weight is 196 g/mol. The molecule has 0 rings (SSSR count). The zero-order valence-electron chi connectivity index (χ0n) is 5.73. The summed E-state index contributed by atoms with van der Waals surface area (Å²) in [5.41, 5.74) is 0. The summed E-state index contributed by atoms with van der Waals surface area (Å²) in [4.78, 5) is 20.5. The monoisotopic (exact) mass is 196 g/mol. The highest BCUT2D eigenvalue weighted by Gasteiger charge is 2.24. The Hall–Kier alpha value is -0.200. The Morgan fingerprint density at radius 1 is 1.27 bits per heavy atom. The van der Waals surface area contributed by atoms with Gasteiger partial charge >= 0.3 is 11.9 Å². The molecule has 6 heteroatoms. The van der Waals surface area contributed by atoms with Crippen LogP contribution < -0.4 is 0 Å². The molecule has 3 unspecified atom stereocenters. The van der Waals surface area contributed by atoms with Crippen LogP contribution in [0.15, 0.2) is 0 Å². The van der Waals surface area contributed by atoms with Crippen molar-refractivity contribution in [1.82, 2.24) is 0 Å². The van der Waals surface area contributed by atoms with Crippen LogP contribution in [0.4, 0.5) is 0 Å². The Kier molecular flexibility index (Phi) is 4.55. The van der Waals surface area contributed by atoms with Crippen LogP contribution in [0.3, 0.4) is 0 Å². The summed E-state index contributed by atoms with van der Waals surface area (Å²) >= 11 is 0. The minimum atomic E-state index is -1.09. The molecule has 0 aromatic heterocycles. The van der Waals surface area contributed by atoms with E-state index >= 15 is 0 Å². The number of hydrogen-bond donors (Lipinski definition) is 2. The average Bonchev–Trinajstić information content (AvgIpc) is 1.81. The highest BCUT2D eigenvalue weighted by molar-refractivity contribution is 7.38. The van der Waals surface area contributed by atoms with Crippen LogP contribution in [0.1, 0.15) is 6.42 Å². The van der Waals surface area contributed by atoms with E-state index < -0.39 is 17.9 Å². The largest absolute Gasteiger partial charge is 0.481 e. The van der Waals surface area contributed by atoms with Gasteiger partial charge in [0.25, 0.3) is 0 Å².